The smallest absolute Gasteiger partial charge is 0.119 e. The van der Waals surface area contributed by atoms with Gasteiger partial charge in [-0.3, -0.25) is 0 Å². The number of nitrogens with zero attached hydrogens (tertiary/aromatic N) is 3. The standard InChI is InChI=1S/C16H23N3O/c1-18(10-11-19-8-2-3-9-19)12-13-20-16-6-4-15(14-17)5-7-16/h4-7H,2-3,8-13H2,1H3. The van der Waals surface area contributed by atoms with E-state index in [2.05, 4.69) is 22.9 Å². The van der Waals surface area contributed by atoms with Crippen molar-refractivity contribution in [1.29, 1.82) is 5.26 Å². The molecule has 0 aromatic heterocycles. The van der Waals surface area contributed by atoms with Crippen LogP contribution in [0.5, 0.6) is 5.75 Å². The van der Waals surface area contributed by atoms with Crippen LogP contribution in [-0.4, -0.2) is 56.2 Å². The molecule has 0 spiro atoms. The molecule has 0 saturated carbocycles. The first-order valence-electron chi connectivity index (χ1n) is 7.32. The Labute approximate surface area is 121 Å². The second-order valence-electron chi connectivity index (χ2n) is 5.34. The lowest BCUT2D eigenvalue weighted by atomic mass is 10.2. The number of benzene rings is 1. The van der Waals surface area contributed by atoms with Crippen molar-refractivity contribution in [1.82, 2.24) is 9.80 Å². The van der Waals surface area contributed by atoms with Gasteiger partial charge in [0.05, 0.1) is 11.6 Å². The van der Waals surface area contributed by atoms with E-state index in [1.54, 1.807) is 12.1 Å². The molecule has 0 bridgehead atoms. The first-order chi connectivity index (χ1) is 9.78. The minimum atomic E-state index is 0.667. The molecule has 0 N–H and O–H groups in total. The van der Waals surface area contributed by atoms with Crippen LogP contribution >= 0.6 is 0 Å². The molecule has 1 aliphatic rings. The fourth-order valence-corrected chi connectivity index (χ4v) is 2.38. The lowest BCUT2D eigenvalue weighted by Gasteiger charge is -2.21. The molecule has 0 radical (unpaired) electrons. The molecule has 1 aliphatic heterocycles. The van der Waals surface area contributed by atoms with Gasteiger partial charge >= 0.3 is 0 Å². The number of rotatable bonds is 7. The van der Waals surface area contributed by atoms with Gasteiger partial charge < -0.3 is 14.5 Å². The molecule has 4 nitrogen and oxygen atoms in total. The van der Waals surface area contributed by atoms with Crippen molar-refractivity contribution in [2.45, 2.75) is 12.8 Å². The van der Waals surface area contributed by atoms with Crippen molar-refractivity contribution >= 4 is 0 Å². The molecule has 1 fully saturated rings. The Morgan fingerprint density at radius 3 is 2.55 bits per heavy atom. The minimum absolute atomic E-state index is 0.667. The molecule has 2 rings (SSSR count). The van der Waals surface area contributed by atoms with E-state index in [-0.39, 0.29) is 0 Å². The molecule has 108 valence electrons. The monoisotopic (exact) mass is 273 g/mol. The average Bonchev–Trinajstić information content (AvgIpc) is 2.99. The summed E-state index contributed by atoms with van der Waals surface area (Å²) in [4.78, 5) is 4.83. The third-order valence-corrected chi connectivity index (χ3v) is 3.72. The highest BCUT2D eigenvalue weighted by atomic mass is 16.5. The van der Waals surface area contributed by atoms with Gasteiger partial charge in [-0.2, -0.15) is 5.26 Å². The second kappa shape index (κ2) is 7.88. The van der Waals surface area contributed by atoms with Crippen LogP contribution in [-0.2, 0) is 0 Å². The molecule has 0 atom stereocenters. The van der Waals surface area contributed by atoms with Crippen LogP contribution in [0.3, 0.4) is 0 Å². The molecular weight excluding hydrogens is 250 g/mol. The van der Waals surface area contributed by atoms with Gasteiger partial charge in [-0.1, -0.05) is 0 Å². The number of nitriles is 1. The fourth-order valence-electron chi connectivity index (χ4n) is 2.38. The summed E-state index contributed by atoms with van der Waals surface area (Å²) in [6.45, 7) is 6.38. The normalized spacial score (nSPS) is 15.4. The Kier molecular flexibility index (Phi) is 5.85. The van der Waals surface area contributed by atoms with E-state index in [1.165, 1.54) is 25.9 Å². The van der Waals surface area contributed by atoms with Gasteiger partial charge in [-0.15, -0.1) is 0 Å². The number of likely N-dealkylation sites (N-methyl/N-ethyl adjacent to an activating group) is 1. The average molecular weight is 273 g/mol. The maximum absolute atomic E-state index is 8.72. The molecule has 20 heavy (non-hydrogen) atoms. The number of likely N-dealkylation sites (tertiary alicyclic amines) is 1. The predicted molar refractivity (Wildman–Crippen MR) is 79.8 cm³/mol. The predicted octanol–water partition coefficient (Wildman–Crippen LogP) is 1.96. The third-order valence-electron chi connectivity index (χ3n) is 3.72. The highest BCUT2D eigenvalue weighted by molar-refractivity contribution is 5.34. The van der Waals surface area contributed by atoms with Crippen LogP contribution in [0.4, 0.5) is 0 Å². The van der Waals surface area contributed by atoms with E-state index >= 15 is 0 Å². The maximum Gasteiger partial charge on any atom is 0.119 e. The zero-order chi connectivity index (χ0) is 14.2. The van der Waals surface area contributed by atoms with Gasteiger partial charge in [-0.25, -0.2) is 0 Å². The first kappa shape index (κ1) is 14.8. The summed E-state index contributed by atoms with van der Waals surface area (Å²) in [6, 6.07) is 9.37. The van der Waals surface area contributed by atoms with E-state index in [4.69, 9.17) is 10.00 Å². The van der Waals surface area contributed by atoms with Gasteiger partial charge in [0.2, 0.25) is 0 Å². The Bertz CT molecular complexity index is 432. The molecule has 0 aliphatic carbocycles. The number of hydrogen-bond acceptors (Lipinski definition) is 4. The quantitative estimate of drug-likeness (QED) is 0.761. The highest BCUT2D eigenvalue weighted by Gasteiger charge is 2.11. The molecular formula is C16H23N3O. The van der Waals surface area contributed by atoms with Gasteiger partial charge in [0.25, 0.3) is 0 Å². The summed E-state index contributed by atoms with van der Waals surface area (Å²) in [5.41, 5.74) is 0.667. The summed E-state index contributed by atoms with van der Waals surface area (Å²) >= 11 is 0. The van der Waals surface area contributed by atoms with Crippen molar-refractivity contribution in [2.24, 2.45) is 0 Å². The number of hydrogen-bond donors (Lipinski definition) is 0. The van der Waals surface area contributed by atoms with E-state index in [0.29, 0.717) is 12.2 Å². The van der Waals surface area contributed by atoms with Crippen molar-refractivity contribution in [2.75, 3.05) is 46.4 Å². The van der Waals surface area contributed by atoms with E-state index in [1.807, 2.05) is 12.1 Å². The van der Waals surface area contributed by atoms with Crippen LogP contribution in [0.2, 0.25) is 0 Å². The summed E-state index contributed by atoms with van der Waals surface area (Å²) in [5, 5.41) is 8.72. The van der Waals surface area contributed by atoms with E-state index in [9.17, 15) is 0 Å². The zero-order valence-electron chi connectivity index (χ0n) is 12.2. The van der Waals surface area contributed by atoms with Gasteiger partial charge in [-0.05, 0) is 57.2 Å². The van der Waals surface area contributed by atoms with Gasteiger partial charge in [0.15, 0.2) is 0 Å². The SMILES string of the molecule is CN(CCOc1ccc(C#N)cc1)CCN1CCCC1. The maximum atomic E-state index is 8.72. The first-order valence-corrected chi connectivity index (χ1v) is 7.32. The molecule has 0 unspecified atom stereocenters. The fraction of sp³-hybridized carbons (Fsp3) is 0.562. The minimum Gasteiger partial charge on any atom is -0.492 e. The van der Waals surface area contributed by atoms with Crippen molar-refractivity contribution in [3.8, 4) is 11.8 Å². The van der Waals surface area contributed by atoms with Gasteiger partial charge in [0, 0.05) is 19.6 Å². The Hall–Kier alpha value is -1.57. The highest BCUT2D eigenvalue weighted by Crippen LogP contribution is 2.11. The summed E-state index contributed by atoms with van der Waals surface area (Å²) < 4.78 is 5.68. The van der Waals surface area contributed by atoms with E-state index < -0.39 is 0 Å². The second-order valence-corrected chi connectivity index (χ2v) is 5.34. The Balaban J connectivity index is 1.60. The number of ether oxygens (including phenoxy) is 1. The molecule has 0 amide bonds. The summed E-state index contributed by atoms with van der Waals surface area (Å²) in [7, 11) is 2.14. The molecule has 1 saturated heterocycles. The van der Waals surface area contributed by atoms with Crippen LogP contribution in [0.15, 0.2) is 24.3 Å². The van der Waals surface area contributed by atoms with Crippen molar-refractivity contribution < 1.29 is 4.74 Å². The van der Waals surface area contributed by atoms with Crippen molar-refractivity contribution in [3.63, 3.8) is 0 Å². The van der Waals surface area contributed by atoms with Gasteiger partial charge in [0.1, 0.15) is 12.4 Å². The van der Waals surface area contributed by atoms with Crippen LogP contribution in [0.25, 0.3) is 0 Å². The lowest BCUT2D eigenvalue weighted by molar-refractivity contribution is 0.213. The molecule has 1 aromatic carbocycles. The molecule has 4 heteroatoms. The van der Waals surface area contributed by atoms with E-state index in [0.717, 1.165) is 25.4 Å². The topological polar surface area (TPSA) is 39.5 Å². The lowest BCUT2D eigenvalue weighted by Crippen LogP contribution is -2.33. The third kappa shape index (κ3) is 4.84. The summed E-state index contributed by atoms with van der Waals surface area (Å²) in [6.07, 6.45) is 2.71. The molecule has 1 aromatic rings. The largest absolute Gasteiger partial charge is 0.492 e. The Morgan fingerprint density at radius 2 is 1.90 bits per heavy atom. The molecule has 1 heterocycles. The van der Waals surface area contributed by atoms with Crippen LogP contribution in [0, 0.1) is 11.3 Å². The van der Waals surface area contributed by atoms with Crippen molar-refractivity contribution in [3.05, 3.63) is 29.8 Å². The summed E-state index contributed by atoms with van der Waals surface area (Å²) in [5.74, 6) is 0.831. The van der Waals surface area contributed by atoms with Crippen LogP contribution < -0.4 is 4.74 Å². The zero-order valence-corrected chi connectivity index (χ0v) is 12.2. The van der Waals surface area contributed by atoms with Crippen LogP contribution in [0.1, 0.15) is 18.4 Å². The Morgan fingerprint density at radius 1 is 1.20 bits per heavy atom.